The van der Waals surface area contributed by atoms with Gasteiger partial charge in [0.15, 0.2) is 0 Å². The number of rotatable bonds is 4. The number of hydrogen-bond acceptors (Lipinski definition) is 5. The summed E-state index contributed by atoms with van der Waals surface area (Å²) in [4.78, 5) is 21.4. The molecular weight excluding hydrogens is 364 g/mol. The fraction of sp³-hybridized carbons (Fsp3) is 0.478. The zero-order valence-electron chi connectivity index (χ0n) is 17.5. The van der Waals surface area contributed by atoms with Crippen LogP contribution in [0.3, 0.4) is 0 Å². The Labute approximate surface area is 172 Å². The lowest BCUT2D eigenvalue weighted by atomic mass is 9.80. The van der Waals surface area contributed by atoms with Gasteiger partial charge in [-0.25, -0.2) is 4.98 Å². The number of anilines is 3. The smallest absolute Gasteiger partial charge is 0.224 e. The number of benzene rings is 1. The van der Waals surface area contributed by atoms with E-state index >= 15 is 0 Å². The van der Waals surface area contributed by atoms with Gasteiger partial charge in [-0.2, -0.15) is 0 Å². The van der Waals surface area contributed by atoms with Crippen molar-refractivity contribution in [3.8, 4) is 0 Å². The molecule has 1 aromatic carbocycles. The third-order valence-corrected chi connectivity index (χ3v) is 6.17. The number of fused-ring (bicyclic) bond motifs is 1. The Hall–Kier alpha value is -2.60. The van der Waals surface area contributed by atoms with Gasteiger partial charge < -0.3 is 19.9 Å². The molecule has 0 bridgehead atoms. The van der Waals surface area contributed by atoms with Crippen molar-refractivity contribution in [3.63, 3.8) is 0 Å². The molecule has 3 heterocycles. The van der Waals surface area contributed by atoms with Crippen LogP contribution in [0.1, 0.15) is 38.8 Å². The number of carbonyl (C=O) groups is 1. The Morgan fingerprint density at radius 1 is 1.24 bits per heavy atom. The second-order valence-electron chi connectivity index (χ2n) is 7.90. The fourth-order valence-corrected chi connectivity index (χ4v) is 4.72. The zero-order valence-corrected chi connectivity index (χ0v) is 17.5. The van der Waals surface area contributed by atoms with E-state index in [1.165, 1.54) is 5.69 Å². The minimum Gasteiger partial charge on any atom is -0.378 e. The number of nitrogens with one attached hydrogen (secondary N) is 1. The maximum absolute atomic E-state index is 12.6. The second-order valence-corrected chi connectivity index (χ2v) is 7.90. The lowest BCUT2D eigenvalue weighted by molar-refractivity contribution is -0.117. The summed E-state index contributed by atoms with van der Waals surface area (Å²) in [7, 11) is 0. The van der Waals surface area contributed by atoms with Crippen LogP contribution in [0.25, 0.3) is 0 Å². The molecule has 1 saturated heterocycles. The molecular formula is C23H30N4O2. The molecule has 2 aromatic rings. The minimum absolute atomic E-state index is 0.0847. The first-order valence-electron chi connectivity index (χ1n) is 10.5. The number of aromatic nitrogens is 1. The zero-order chi connectivity index (χ0) is 20.4. The summed E-state index contributed by atoms with van der Waals surface area (Å²) in [5.41, 5.74) is 3.35. The molecule has 154 valence electrons. The predicted octanol–water partition coefficient (Wildman–Crippen LogP) is 3.85. The quantitative estimate of drug-likeness (QED) is 0.854. The van der Waals surface area contributed by atoms with Crippen molar-refractivity contribution in [2.24, 2.45) is 5.92 Å². The van der Waals surface area contributed by atoms with Gasteiger partial charge in [-0.3, -0.25) is 4.79 Å². The number of amides is 1. The number of carbonyl (C=O) groups excluding carboxylic acids is 1. The molecule has 1 N–H and O–H groups in total. The Bertz CT molecular complexity index is 851. The van der Waals surface area contributed by atoms with Crippen molar-refractivity contribution >= 4 is 23.1 Å². The number of nitrogens with zero attached hydrogens (tertiary/aromatic N) is 3. The van der Waals surface area contributed by atoms with Crippen molar-refractivity contribution in [2.45, 2.75) is 39.3 Å². The van der Waals surface area contributed by atoms with E-state index in [1.807, 2.05) is 23.1 Å². The first-order valence-corrected chi connectivity index (χ1v) is 10.5. The van der Waals surface area contributed by atoms with Gasteiger partial charge in [0, 0.05) is 55.1 Å². The predicted molar refractivity (Wildman–Crippen MR) is 116 cm³/mol. The molecule has 29 heavy (non-hydrogen) atoms. The van der Waals surface area contributed by atoms with Crippen LogP contribution in [0, 0.1) is 5.92 Å². The van der Waals surface area contributed by atoms with Crippen LogP contribution in [-0.2, 0) is 9.53 Å². The van der Waals surface area contributed by atoms with Crippen LogP contribution in [0.2, 0.25) is 0 Å². The lowest BCUT2D eigenvalue weighted by Crippen LogP contribution is -2.49. The van der Waals surface area contributed by atoms with Crippen LogP contribution >= 0.6 is 0 Å². The van der Waals surface area contributed by atoms with Gasteiger partial charge in [0.1, 0.15) is 5.82 Å². The summed E-state index contributed by atoms with van der Waals surface area (Å²) in [6, 6.07) is 12.6. The number of morpholine rings is 1. The molecule has 6 nitrogen and oxygen atoms in total. The van der Waals surface area contributed by atoms with Crippen LogP contribution in [0.4, 0.5) is 17.2 Å². The van der Waals surface area contributed by atoms with Crippen molar-refractivity contribution in [1.82, 2.24) is 4.98 Å². The summed E-state index contributed by atoms with van der Waals surface area (Å²) < 4.78 is 5.51. The molecule has 1 aromatic heterocycles. The summed E-state index contributed by atoms with van der Waals surface area (Å²) in [5.74, 6) is 1.21. The highest BCUT2D eigenvalue weighted by molar-refractivity contribution is 5.94. The Morgan fingerprint density at radius 3 is 2.69 bits per heavy atom. The normalized spacial score (nSPS) is 24.2. The fourth-order valence-electron chi connectivity index (χ4n) is 4.72. The van der Waals surface area contributed by atoms with Crippen molar-refractivity contribution in [1.29, 1.82) is 0 Å². The van der Waals surface area contributed by atoms with E-state index in [4.69, 9.17) is 4.74 Å². The van der Waals surface area contributed by atoms with Gasteiger partial charge in [-0.15, -0.1) is 0 Å². The van der Waals surface area contributed by atoms with E-state index < -0.39 is 0 Å². The number of hydrogen-bond donors (Lipinski definition) is 1. The van der Waals surface area contributed by atoms with E-state index in [-0.39, 0.29) is 23.9 Å². The van der Waals surface area contributed by atoms with Crippen molar-refractivity contribution < 1.29 is 9.53 Å². The number of ether oxygens (including phenoxy) is 1. The standard InChI is InChI=1S/C23H30N4O2/c1-4-20-16(2)23(25-22-7-5-6-10-24-22)19-15-18(26-11-13-29-14-12-26)8-9-21(19)27(20)17(3)28/h5-10,15-16,20,23H,4,11-14H2,1-3H3,(H,24,25)/t16-,20-,23+/m0/s1. The SMILES string of the molecule is CC[C@H]1[C@H](C)[C@@H](Nc2ccccn2)c2cc(N3CCOCC3)ccc2N1C(C)=O. The monoisotopic (exact) mass is 394 g/mol. The highest BCUT2D eigenvalue weighted by Crippen LogP contribution is 2.44. The topological polar surface area (TPSA) is 57.7 Å². The van der Waals surface area contributed by atoms with Gasteiger partial charge in [0.2, 0.25) is 5.91 Å². The second kappa shape index (κ2) is 8.41. The Morgan fingerprint density at radius 2 is 2.03 bits per heavy atom. The summed E-state index contributed by atoms with van der Waals surface area (Å²) >= 11 is 0. The third kappa shape index (κ3) is 3.81. The van der Waals surface area contributed by atoms with Gasteiger partial charge in [0.05, 0.1) is 19.3 Å². The highest BCUT2D eigenvalue weighted by Gasteiger charge is 2.40. The van der Waals surface area contributed by atoms with E-state index in [1.54, 1.807) is 13.1 Å². The van der Waals surface area contributed by atoms with E-state index in [9.17, 15) is 4.79 Å². The van der Waals surface area contributed by atoms with Crippen LogP contribution < -0.4 is 15.1 Å². The molecule has 1 amide bonds. The molecule has 1 fully saturated rings. The summed E-state index contributed by atoms with van der Waals surface area (Å²) in [6.45, 7) is 9.33. The summed E-state index contributed by atoms with van der Waals surface area (Å²) in [6.07, 6.45) is 2.71. The van der Waals surface area contributed by atoms with Crippen molar-refractivity contribution in [2.75, 3.05) is 41.4 Å². The molecule has 2 aliphatic heterocycles. The van der Waals surface area contributed by atoms with Crippen LogP contribution in [0.5, 0.6) is 0 Å². The van der Waals surface area contributed by atoms with Crippen LogP contribution in [0.15, 0.2) is 42.6 Å². The first-order chi connectivity index (χ1) is 14.1. The maximum Gasteiger partial charge on any atom is 0.224 e. The van der Waals surface area contributed by atoms with E-state index in [0.717, 1.165) is 49.8 Å². The third-order valence-electron chi connectivity index (χ3n) is 6.17. The molecule has 0 unspecified atom stereocenters. The van der Waals surface area contributed by atoms with Crippen LogP contribution in [-0.4, -0.2) is 43.2 Å². The lowest BCUT2D eigenvalue weighted by Gasteiger charge is -2.45. The van der Waals surface area contributed by atoms with E-state index in [2.05, 4.69) is 47.2 Å². The summed E-state index contributed by atoms with van der Waals surface area (Å²) in [5, 5.41) is 3.65. The highest BCUT2D eigenvalue weighted by atomic mass is 16.5. The molecule has 0 saturated carbocycles. The Balaban J connectivity index is 1.78. The molecule has 0 aliphatic carbocycles. The average molecular weight is 395 g/mol. The molecule has 0 radical (unpaired) electrons. The molecule has 3 atom stereocenters. The average Bonchev–Trinajstić information content (AvgIpc) is 2.76. The first kappa shape index (κ1) is 19.7. The minimum atomic E-state index is 0.0847. The van der Waals surface area contributed by atoms with E-state index in [0.29, 0.717) is 0 Å². The molecule has 4 rings (SSSR count). The van der Waals surface area contributed by atoms with Gasteiger partial charge in [-0.05, 0) is 36.8 Å². The maximum atomic E-state index is 12.6. The van der Waals surface area contributed by atoms with Gasteiger partial charge in [0.25, 0.3) is 0 Å². The Kier molecular flexibility index (Phi) is 5.72. The molecule has 2 aliphatic rings. The van der Waals surface area contributed by atoms with Gasteiger partial charge >= 0.3 is 0 Å². The van der Waals surface area contributed by atoms with Gasteiger partial charge in [-0.1, -0.05) is 19.9 Å². The molecule has 0 spiro atoms. The largest absolute Gasteiger partial charge is 0.378 e. The van der Waals surface area contributed by atoms with Crippen molar-refractivity contribution in [3.05, 3.63) is 48.2 Å². The number of pyridine rings is 1. The molecule has 6 heteroatoms.